The lowest BCUT2D eigenvalue weighted by Gasteiger charge is -2.17. The largest absolute Gasteiger partial charge is 0.478 e. The molecular weight excluding hydrogens is 370 g/mol. The number of aliphatic carboxylic acids is 1. The molecule has 3 aromatic carbocycles. The van der Waals surface area contributed by atoms with Crippen LogP contribution in [0.15, 0.2) is 78.9 Å². The lowest BCUT2D eigenvalue weighted by atomic mass is 9.87. The summed E-state index contributed by atoms with van der Waals surface area (Å²) < 4.78 is 27.0. The highest BCUT2D eigenvalue weighted by molar-refractivity contribution is 5.98. The lowest BCUT2D eigenvalue weighted by molar-refractivity contribution is -0.131. The smallest absolute Gasteiger partial charge is 0.328 e. The van der Waals surface area contributed by atoms with Crippen LogP contribution in [0.1, 0.15) is 35.6 Å². The standard InChI is InChI=1S/C25H20F2O2/c1-2-23(20-5-3-4-17(16-20)6-15-24(28)29)25(18-7-11-21(26)12-8-18)19-9-13-22(27)14-10-19/h3-16H,2H2,1H3,(H,28,29)/b15-6+. The maximum atomic E-state index is 13.5. The predicted octanol–water partition coefficient (Wildman–Crippen LogP) is 6.43. The minimum atomic E-state index is -1.01. The molecule has 0 heterocycles. The van der Waals surface area contributed by atoms with E-state index in [-0.39, 0.29) is 11.6 Å². The molecule has 146 valence electrons. The number of carboxylic acids is 1. The third-order valence-electron chi connectivity index (χ3n) is 4.57. The van der Waals surface area contributed by atoms with E-state index in [1.54, 1.807) is 24.3 Å². The number of halogens is 2. The van der Waals surface area contributed by atoms with Gasteiger partial charge in [0.25, 0.3) is 0 Å². The van der Waals surface area contributed by atoms with E-state index in [0.717, 1.165) is 39.5 Å². The summed E-state index contributed by atoms with van der Waals surface area (Å²) in [6.07, 6.45) is 3.31. The third kappa shape index (κ3) is 5.05. The summed E-state index contributed by atoms with van der Waals surface area (Å²) in [5.74, 6) is -1.67. The molecule has 0 atom stereocenters. The number of allylic oxidation sites excluding steroid dienone is 1. The van der Waals surface area contributed by atoms with Gasteiger partial charge >= 0.3 is 5.97 Å². The third-order valence-corrected chi connectivity index (χ3v) is 4.57. The maximum Gasteiger partial charge on any atom is 0.328 e. The average Bonchev–Trinajstić information content (AvgIpc) is 2.72. The van der Waals surface area contributed by atoms with Crippen LogP contribution in [0.2, 0.25) is 0 Å². The van der Waals surface area contributed by atoms with Crippen LogP contribution in [0.4, 0.5) is 8.78 Å². The number of hydrogen-bond donors (Lipinski definition) is 1. The van der Waals surface area contributed by atoms with Gasteiger partial charge in [0, 0.05) is 6.08 Å². The van der Waals surface area contributed by atoms with Crippen LogP contribution in [-0.4, -0.2) is 11.1 Å². The van der Waals surface area contributed by atoms with E-state index in [1.807, 2.05) is 31.2 Å². The normalized spacial score (nSPS) is 10.9. The van der Waals surface area contributed by atoms with Crippen molar-refractivity contribution in [3.63, 3.8) is 0 Å². The molecule has 0 fully saturated rings. The minimum Gasteiger partial charge on any atom is -0.478 e. The van der Waals surface area contributed by atoms with Gasteiger partial charge in [-0.25, -0.2) is 13.6 Å². The molecule has 4 heteroatoms. The molecule has 3 aromatic rings. The first-order valence-electron chi connectivity index (χ1n) is 9.24. The molecule has 0 aliphatic carbocycles. The first-order chi connectivity index (χ1) is 14.0. The highest BCUT2D eigenvalue weighted by atomic mass is 19.1. The van der Waals surface area contributed by atoms with Crippen molar-refractivity contribution in [2.45, 2.75) is 13.3 Å². The molecule has 0 radical (unpaired) electrons. The summed E-state index contributed by atoms with van der Waals surface area (Å²) in [6.45, 7) is 2.02. The summed E-state index contributed by atoms with van der Waals surface area (Å²) in [4.78, 5) is 10.8. The van der Waals surface area contributed by atoms with Crippen LogP contribution in [0.25, 0.3) is 17.2 Å². The molecular formula is C25H20F2O2. The molecule has 0 unspecified atom stereocenters. The van der Waals surface area contributed by atoms with Crippen LogP contribution in [0.5, 0.6) is 0 Å². The van der Waals surface area contributed by atoms with Crippen molar-refractivity contribution in [2.24, 2.45) is 0 Å². The van der Waals surface area contributed by atoms with Gasteiger partial charge in [0.1, 0.15) is 11.6 Å². The summed E-state index contributed by atoms with van der Waals surface area (Å²) in [5.41, 5.74) is 5.19. The minimum absolute atomic E-state index is 0.328. The molecule has 2 nitrogen and oxygen atoms in total. The monoisotopic (exact) mass is 390 g/mol. The Hall–Kier alpha value is -3.53. The van der Waals surface area contributed by atoms with Gasteiger partial charge < -0.3 is 5.11 Å². The van der Waals surface area contributed by atoms with E-state index in [9.17, 15) is 13.6 Å². The number of rotatable bonds is 6. The number of carboxylic acid groups (broad SMARTS) is 1. The highest BCUT2D eigenvalue weighted by Crippen LogP contribution is 2.35. The van der Waals surface area contributed by atoms with Gasteiger partial charge in [-0.3, -0.25) is 0 Å². The van der Waals surface area contributed by atoms with Gasteiger partial charge in [0.2, 0.25) is 0 Å². The SMILES string of the molecule is CCC(=C(c1ccc(F)cc1)c1ccc(F)cc1)c1cccc(/C=C/C(=O)O)c1. The highest BCUT2D eigenvalue weighted by Gasteiger charge is 2.13. The number of carbonyl (C=O) groups is 1. The zero-order valence-electron chi connectivity index (χ0n) is 15.9. The Morgan fingerprint density at radius 3 is 1.90 bits per heavy atom. The summed E-state index contributed by atoms with van der Waals surface area (Å²) in [5, 5.41) is 8.87. The summed E-state index contributed by atoms with van der Waals surface area (Å²) in [7, 11) is 0. The zero-order chi connectivity index (χ0) is 20.8. The fourth-order valence-corrected chi connectivity index (χ4v) is 3.27. The van der Waals surface area contributed by atoms with Gasteiger partial charge in [-0.05, 0) is 76.2 Å². The fraction of sp³-hybridized carbons (Fsp3) is 0.0800. The Kier molecular flexibility index (Phi) is 6.35. The van der Waals surface area contributed by atoms with Gasteiger partial charge in [-0.15, -0.1) is 0 Å². The molecule has 29 heavy (non-hydrogen) atoms. The molecule has 0 bridgehead atoms. The number of benzene rings is 3. The van der Waals surface area contributed by atoms with Crippen molar-refractivity contribution in [3.05, 3.63) is 113 Å². The van der Waals surface area contributed by atoms with Crippen molar-refractivity contribution in [1.29, 1.82) is 0 Å². The molecule has 0 aliphatic rings. The first-order valence-corrected chi connectivity index (χ1v) is 9.24. The Morgan fingerprint density at radius 2 is 1.41 bits per heavy atom. The maximum absolute atomic E-state index is 13.5. The Morgan fingerprint density at radius 1 is 0.862 bits per heavy atom. The van der Waals surface area contributed by atoms with Crippen LogP contribution >= 0.6 is 0 Å². The van der Waals surface area contributed by atoms with Crippen molar-refractivity contribution in [3.8, 4) is 0 Å². The van der Waals surface area contributed by atoms with Gasteiger partial charge in [-0.1, -0.05) is 49.4 Å². The molecule has 0 saturated carbocycles. The van der Waals surface area contributed by atoms with Crippen LogP contribution in [0.3, 0.4) is 0 Å². The zero-order valence-corrected chi connectivity index (χ0v) is 15.9. The van der Waals surface area contributed by atoms with Crippen LogP contribution in [-0.2, 0) is 4.79 Å². The topological polar surface area (TPSA) is 37.3 Å². The van der Waals surface area contributed by atoms with Gasteiger partial charge in [0.15, 0.2) is 0 Å². The van der Waals surface area contributed by atoms with E-state index >= 15 is 0 Å². The first kappa shape index (κ1) is 20.2. The fourth-order valence-electron chi connectivity index (χ4n) is 3.27. The second-order valence-electron chi connectivity index (χ2n) is 6.52. The Labute approximate surface area is 168 Å². The van der Waals surface area contributed by atoms with Crippen molar-refractivity contribution < 1.29 is 18.7 Å². The molecule has 0 aromatic heterocycles. The average molecular weight is 390 g/mol. The van der Waals surface area contributed by atoms with E-state index in [1.165, 1.54) is 30.3 Å². The van der Waals surface area contributed by atoms with Gasteiger partial charge in [-0.2, -0.15) is 0 Å². The quantitative estimate of drug-likeness (QED) is 0.389. The van der Waals surface area contributed by atoms with Gasteiger partial charge in [0.05, 0.1) is 0 Å². The van der Waals surface area contributed by atoms with E-state index < -0.39 is 5.97 Å². The molecule has 0 aliphatic heterocycles. The van der Waals surface area contributed by atoms with Crippen molar-refractivity contribution in [2.75, 3.05) is 0 Å². The predicted molar refractivity (Wildman–Crippen MR) is 112 cm³/mol. The van der Waals surface area contributed by atoms with E-state index in [0.29, 0.717) is 6.42 Å². The number of hydrogen-bond acceptors (Lipinski definition) is 1. The van der Waals surface area contributed by atoms with Crippen LogP contribution < -0.4 is 0 Å². The molecule has 1 N–H and O–H groups in total. The second-order valence-corrected chi connectivity index (χ2v) is 6.52. The van der Waals surface area contributed by atoms with Crippen molar-refractivity contribution in [1.82, 2.24) is 0 Å². The summed E-state index contributed by atoms with van der Waals surface area (Å²) in [6, 6.07) is 20.0. The lowest BCUT2D eigenvalue weighted by Crippen LogP contribution is -1.96. The van der Waals surface area contributed by atoms with E-state index in [2.05, 4.69) is 0 Å². The Bertz CT molecular complexity index is 1020. The molecule has 0 saturated heterocycles. The second kappa shape index (κ2) is 9.11. The molecule has 3 rings (SSSR count). The summed E-state index contributed by atoms with van der Waals surface area (Å²) >= 11 is 0. The van der Waals surface area contributed by atoms with E-state index in [4.69, 9.17) is 5.11 Å². The molecule has 0 spiro atoms. The van der Waals surface area contributed by atoms with Crippen LogP contribution in [0, 0.1) is 11.6 Å². The molecule has 0 amide bonds. The van der Waals surface area contributed by atoms with Crippen molar-refractivity contribution >= 4 is 23.2 Å². The Balaban J connectivity index is 2.22.